The fraction of sp³-hybridized carbons (Fsp3) is 0.333. The summed E-state index contributed by atoms with van der Waals surface area (Å²) in [6, 6.07) is 12.1. The van der Waals surface area contributed by atoms with Crippen LogP contribution in [0.3, 0.4) is 0 Å². The largest absolute Gasteiger partial charge is 0.464 e. The second-order valence-corrected chi connectivity index (χ2v) is 10.2. The first kappa shape index (κ1) is 21.4. The van der Waals surface area contributed by atoms with E-state index >= 15 is 0 Å². The average molecular weight is 475 g/mol. The summed E-state index contributed by atoms with van der Waals surface area (Å²) in [5.74, 6) is -0.270. The lowest BCUT2D eigenvalue weighted by atomic mass is 10.0. The molecule has 2 aromatic carbocycles. The number of carbonyl (C=O) groups excluding carboxylic acids is 2. The minimum Gasteiger partial charge on any atom is -0.464 e. The lowest BCUT2D eigenvalue weighted by Crippen LogP contribution is -2.32. The standard InChI is InChI=1S/C27H26N2O4S/c30-23(13-17-15-33-21-11-10-16-5-1-2-7-19(16)24(17)21)29-27-25(20-8-3-9-22(20)34-27)26(31)28-14-18-6-4-12-32-18/h1-2,5,7,10-11,15,18H,3-4,6,8-9,12-14H2,(H,28,31)(H,29,30). The number of carbonyl (C=O) groups is 2. The van der Waals surface area contributed by atoms with Crippen molar-refractivity contribution < 1.29 is 18.7 Å². The first-order chi connectivity index (χ1) is 16.7. The SMILES string of the molecule is O=C(Cc1coc2ccc3ccccc3c12)Nc1sc2c(c1C(=O)NCC1CCCO1)CCC2. The van der Waals surface area contributed by atoms with Gasteiger partial charge in [-0.1, -0.05) is 30.3 Å². The third-order valence-corrected chi connectivity index (χ3v) is 8.01. The van der Waals surface area contributed by atoms with Crippen LogP contribution in [0.2, 0.25) is 0 Å². The Morgan fingerprint density at radius 3 is 2.88 bits per heavy atom. The maximum absolute atomic E-state index is 13.1. The van der Waals surface area contributed by atoms with Gasteiger partial charge >= 0.3 is 0 Å². The molecule has 34 heavy (non-hydrogen) atoms. The van der Waals surface area contributed by atoms with E-state index in [1.165, 1.54) is 16.2 Å². The summed E-state index contributed by atoms with van der Waals surface area (Å²) >= 11 is 1.53. The van der Waals surface area contributed by atoms with Crippen molar-refractivity contribution in [2.24, 2.45) is 0 Å². The van der Waals surface area contributed by atoms with Crippen molar-refractivity contribution in [3.8, 4) is 0 Å². The number of anilines is 1. The third kappa shape index (κ3) is 3.89. The molecule has 1 saturated heterocycles. The smallest absolute Gasteiger partial charge is 0.254 e. The molecule has 2 aliphatic rings. The van der Waals surface area contributed by atoms with Crippen LogP contribution in [0.4, 0.5) is 5.00 Å². The zero-order chi connectivity index (χ0) is 23.1. The van der Waals surface area contributed by atoms with Gasteiger partial charge in [-0.15, -0.1) is 11.3 Å². The van der Waals surface area contributed by atoms with Crippen molar-refractivity contribution in [1.82, 2.24) is 5.32 Å². The number of hydrogen-bond acceptors (Lipinski definition) is 5. The van der Waals surface area contributed by atoms with Gasteiger partial charge in [0.15, 0.2) is 0 Å². The Hall–Kier alpha value is -3.16. The monoisotopic (exact) mass is 474 g/mol. The first-order valence-electron chi connectivity index (χ1n) is 11.9. The molecule has 0 bridgehead atoms. The predicted molar refractivity (Wildman–Crippen MR) is 134 cm³/mol. The van der Waals surface area contributed by atoms with Crippen molar-refractivity contribution in [3.63, 3.8) is 0 Å². The van der Waals surface area contributed by atoms with Gasteiger partial charge in [0.1, 0.15) is 10.6 Å². The van der Waals surface area contributed by atoms with E-state index in [1.54, 1.807) is 6.26 Å². The molecule has 0 radical (unpaired) electrons. The minimum absolute atomic E-state index is 0.0814. The van der Waals surface area contributed by atoms with E-state index in [-0.39, 0.29) is 24.3 Å². The van der Waals surface area contributed by atoms with Crippen molar-refractivity contribution in [2.45, 2.75) is 44.6 Å². The van der Waals surface area contributed by atoms with Gasteiger partial charge in [-0.05, 0) is 54.5 Å². The molecule has 1 aliphatic carbocycles. The van der Waals surface area contributed by atoms with Crippen LogP contribution in [0.1, 0.15) is 45.6 Å². The second-order valence-electron chi connectivity index (χ2n) is 9.05. The van der Waals surface area contributed by atoms with Gasteiger partial charge in [0, 0.05) is 29.0 Å². The fourth-order valence-electron chi connectivity index (χ4n) is 5.18. The number of ether oxygens (including phenoxy) is 1. The maximum atomic E-state index is 13.1. The Morgan fingerprint density at radius 1 is 1.09 bits per heavy atom. The molecule has 6 nitrogen and oxygen atoms in total. The average Bonchev–Trinajstić information content (AvgIpc) is 3.62. The van der Waals surface area contributed by atoms with Crippen LogP contribution in [0.25, 0.3) is 21.7 Å². The van der Waals surface area contributed by atoms with Gasteiger partial charge < -0.3 is 19.8 Å². The molecule has 1 atom stereocenters. The topological polar surface area (TPSA) is 80.6 Å². The maximum Gasteiger partial charge on any atom is 0.254 e. The van der Waals surface area contributed by atoms with Crippen LogP contribution in [-0.4, -0.2) is 31.1 Å². The highest BCUT2D eigenvalue weighted by atomic mass is 32.1. The van der Waals surface area contributed by atoms with Gasteiger partial charge in [0.05, 0.1) is 24.4 Å². The molecule has 1 aliphatic heterocycles. The summed E-state index contributed by atoms with van der Waals surface area (Å²) in [7, 11) is 0. The Bertz CT molecular complexity index is 1400. The number of fused-ring (bicyclic) bond motifs is 4. The number of hydrogen-bond donors (Lipinski definition) is 2. The Balaban J connectivity index is 1.24. The number of furan rings is 1. The molecule has 3 heterocycles. The van der Waals surface area contributed by atoms with Crippen LogP contribution >= 0.6 is 11.3 Å². The number of benzene rings is 2. The van der Waals surface area contributed by atoms with E-state index < -0.39 is 0 Å². The van der Waals surface area contributed by atoms with Crippen molar-refractivity contribution in [1.29, 1.82) is 0 Å². The van der Waals surface area contributed by atoms with Gasteiger partial charge in [-0.25, -0.2) is 0 Å². The second kappa shape index (κ2) is 8.89. The summed E-state index contributed by atoms with van der Waals surface area (Å²) in [6.45, 7) is 1.26. The quantitative estimate of drug-likeness (QED) is 0.401. The first-order valence-corrected chi connectivity index (χ1v) is 12.7. The van der Waals surface area contributed by atoms with Crippen molar-refractivity contribution in [3.05, 3.63) is 64.2 Å². The zero-order valence-corrected chi connectivity index (χ0v) is 19.6. The van der Waals surface area contributed by atoms with Crippen LogP contribution in [0, 0.1) is 0 Å². The Morgan fingerprint density at radius 2 is 2.00 bits per heavy atom. The molecular weight excluding hydrogens is 448 g/mol. The van der Waals surface area contributed by atoms with Gasteiger partial charge in [-0.2, -0.15) is 0 Å². The number of nitrogens with one attached hydrogen (secondary N) is 2. The molecule has 0 saturated carbocycles. The van der Waals surface area contributed by atoms with Crippen molar-refractivity contribution >= 4 is 49.9 Å². The number of rotatable bonds is 6. The summed E-state index contributed by atoms with van der Waals surface area (Å²) in [6.07, 6.45) is 6.82. The van der Waals surface area contributed by atoms with Gasteiger partial charge in [0.25, 0.3) is 5.91 Å². The van der Waals surface area contributed by atoms with Crippen LogP contribution in [0.5, 0.6) is 0 Å². The van der Waals surface area contributed by atoms with Crippen LogP contribution in [0.15, 0.2) is 47.1 Å². The highest BCUT2D eigenvalue weighted by Gasteiger charge is 2.28. The van der Waals surface area contributed by atoms with Gasteiger partial charge in [0.2, 0.25) is 5.91 Å². The van der Waals surface area contributed by atoms with Crippen LogP contribution in [-0.2, 0) is 28.8 Å². The molecule has 2 N–H and O–H groups in total. The lowest BCUT2D eigenvalue weighted by Gasteiger charge is -2.12. The van der Waals surface area contributed by atoms with Gasteiger partial charge in [-0.3, -0.25) is 9.59 Å². The summed E-state index contributed by atoms with van der Waals surface area (Å²) in [5.41, 5.74) is 3.33. The van der Waals surface area contributed by atoms with E-state index in [1.807, 2.05) is 24.3 Å². The molecule has 2 aromatic heterocycles. The Kier molecular flexibility index (Phi) is 5.59. The normalized spacial score (nSPS) is 17.4. The summed E-state index contributed by atoms with van der Waals surface area (Å²) in [4.78, 5) is 27.5. The highest BCUT2D eigenvalue weighted by Crippen LogP contribution is 2.39. The van der Waals surface area contributed by atoms with E-state index in [9.17, 15) is 9.59 Å². The molecule has 1 fully saturated rings. The van der Waals surface area contributed by atoms with E-state index in [4.69, 9.17) is 9.15 Å². The molecule has 7 heteroatoms. The summed E-state index contributed by atoms with van der Waals surface area (Å²) in [5, 5.41) is 9.88. The van der Waals surface area contributed by atoms with E-state index in [0.717, 1.165) is 71.6 Å². The zero-order valence-electron chi connectivity index (χ0n) is 18.8. The molecular formula is C27H26N2O4S. The van der Waals surface area contributed by atoms with E-state index in [0.29, 0.717) is 17.1 Å². The molecule has 4 aromatic rings. The summed E-state index contributed by atoms with van der Waals surface area (Å²) < 4.78 is 11.4. The third-order valence-electron chi connectivity index (χ3n) is 6.81. The number of aryl methyl sites for hydroxylation is 1. The highest BCUT2D eigenvalue weighted by molar-refractivity contribution is 7.17. The number of thiophene rings is 1. The van der Waals surface area contributed by atoms with Crippen LogP contribution < -0.4 is 10.6 Å². The lowest BCUT2D eigenvalue weighted by molar-refractivity contribution is -0.115. The van der Waals surface area contributed by atoms with Crippen molar-refractivity contribution in [2.75, 3.05) is 18.5 Å². The number of amides is 2. The minimum atomic E-state index is -0.149. The molecule has 2 amide bonds. The Labute approximate surface area is 201 Å². The molecule has 0 spiro atoms. The van der Waals surface area contributed by atoms with E-state index in [2.05, 4.69) is 22.8 Å². The molecule has 6 rings (SSSR count). The molecule has 174 valence electrons. The predicted octanol–water partition coefficient (Wildman–Crippen LogP) is 5.23. The molecule has 1 unspecified atom stereocenters. The fourth-order valence-corrected chi connectivity index (χ4v) is 6.48.